The minimum Gasteiger partial charge on any atom is -0.480 e. The molecule has 104 valence electrons. The zero-order valence-corrected chi connectivity index (χ0v) is 13.1. The first kappa shape index (κ1) is 14.7. The second kappa shape index (κ2) is 6.62. The Kier molecular flexibility index (Phi) is 5.11. The minimum absolute atomic E-state index is 0.0706. The summed E-state index contributed by atoms with van der Waals surface area (Å²) in [6, 6.07) is 5.66. The van der Waals surface area contributed by atoms with E-state index in [1.807, 2.05) is 0 Å². The minimum atomic E-state index is -0.532. The number of carbonyl (C=O) groups excluding carboxylic acids is 1. The van der Waals surface area contributed by atoms with Crippen LogP contribution in [0.25, 0.3) is 0 Å². The SMILES string of the molecule is CC(Oc1cccc(Cl)c1Br)C(=O)NC1CCCC1. The van der Waals surface area contributed by atoms with Gasteiger partial charge in [-0.15, -0.1) is 0 Å². The van der Waals surface area contributed by atoms with Crippen molar-refractivity contribution in [1.82, 2.24) is 5.32 Å². The highest BCUT2D eigenvalue weighted by molar-refractivity contribution is 9.10. The van der Waals surface area contributed by atoms with Gasteiger partial charge in [-0.25, -0.2) is 0 Å². The number of halogens is 2. The van der Waals surface area contributed by atoms with E-state index in [1.54, 1.807) is 25.1 Å². The average molecular weight is 347 g/mol. The van der Waals surface area contributed by atoms with Crippen molar-refractivity contribution in [2.45, 2.75) is 44.8 Å². The van der Waals surface area contributed by atoms with Crippen LogP contribution in [-0.2, 0) is 4.79 Å². The third-order valence-electron chi connectivity index (χ3n) is 3.29. The van der Waals surface area contributed by atoms with Crippen LogP contribution >= 0.6 is 27.5 Å². The zero-order valence-electron chi connectivity index (χ0n) is 10.8. The Hall–Kier alpha value is -0.740. The summed E-state index contributed by atoms with van der Waals surface area (Å²) in [4.78, 5) is 12.0. The summed E-state index contributed by atoms with van der Waals surface area (Å²) >= 11 is 9.34. The highest BCUT2D eigenvalue weighted by Crippen LogP contribution is 2.32. The van der Waals surface area contributed by atoms with E-state index in [4.69, 9.17) is 16.3 Å². The summed E-state index contributed by atoms with van der Waals surface area (Å²) in [7, 11) is 0. The van der Waals surface area contributed by atoms with Crippen molar-refractivity contribution in [1.29, 1.82) is 0 Å². The second-order valence-corrected chi connectivity index (χ2v) is 6.00. The van der Waals surface area contributed by atoms with E-state index in [0.717, 1.165) is 12.8 Å². The summed E-state index contributed by atoms with van der Waals surface area (Å²) in [5, 5.41) is 3.59. The van der Waals surface area contributed by atoms with Crippen LogP contribution in [0.2, 0.25) is 5.02 Å². The largest absolute Gasteiger partial charge is 0.480 e. The summed E-state index contributed by atoms with van der Waals surface area (Å²) in [5.74, 6) is 0.514. The third-order valence-corrected chi connectivity index (χ3v) is 4.65. The van der Waals surface area contributed by atoms with Crippen LogP contribution in [-0.4, -0.2) is 18.1 Å². The molecule has 0 radical (unpaired) electrons. The van der Waals surface area contributed by atoms with Crippen LogP contribution in [0.1, 0.15) is 32.6 Å². The quantitative estimate of drug-likeness (QED) is 0.897. The van der Waals surface area contributed by atoms with E-state index >= 15 is 0 Å². The molecule has 1 aliphatic carbocycles. The molecule has 0 aliphatic heterocycles. The first-order chi connectivity index (χ1) is 9.08. The highest BCUT2D eigenvalue weighted by Gasteiger charge is 2.22. The third kappa shape index (κ3) is 3.86. The molecular formula is C14H17BrClNO2. The van der Waals surface area contributed by atoms with Crippen LogP contribution < -0.4 is 10.1 Å². The van der Waals surface area contributed by atoms with E-state index < -0.39 is 6.10 Å². The van der Waals surface area contributed by atoms with Crippen molar-refractivity contribution in [2.75, 3.05) is 0 Å². The Balaban J connectivity index is 1.94. The average Bonchev–Trinajstić information content (AvgIpc) is 2.87. The van der Waals surface area contributed by atoms with E-state index in [2.05, 4.69) is 21.2 Å². The van der Waals surface area contributed by atoms with Crippen molar-refractivity contribution in [3.63, 3.8) is 0 Å². The van der Waals surface area contributed by atoms with Gasteiger partial charge in [-0.05, 0) is 47.8 Å². The van der Waals surface area contributed by atoms with Crippen LogP contribution in [0, 0.1) is 0 Å². The number of ether oxygens (including phenoxy) is 1. The lowest BCUT2D eigenvalue weighted by Crippen LogP contribution is -2.41. The zero-order chi connectivity index (χ0) is 13.8. The summed E-state index contributed by atoms with van der Waals surface area (Å²) < 4.78 is 6.33. The number of carbonyl (C=O) groups is 1. The van der Waals surface area contributed by atoms with E-state index in [0.29, 0.717) is 21.3 Å². The Bertz CT molecular complexity index is 461. The molecule has 3 nitrogen and oxygen atoms in total. The van der Waals surface area contributed by atoms with Gasteiger partial charge < -0.3 is 10.1 Å². The molecule has 2 rings (SSSR count). The topological polar surface area (TPSA) is 38.3 Å². The van der Waals surface area contributed by atoms with E-state index in [-0.39, 0.29) is 5.91 Å². The molecule has 0 aromatic heterocycles. The fourth-order valence-electron chi connectivity index (χ4n) is 2.21. The molecule has 0 saturated heterocycles. The molecule has 0 heterocycles. The maximum atomic E-state index is 12.0. The number of benzene rings is 1. The molecule has 19 heavy (non-hydrogen) atoms. The molecule has 5 heteroatoms. The Labute approximate surface area is 126 Å². The van der Waals surface area contributed by atoms with Gasteiger partial charge in [0.15, 0.2) is 6.10 Å². The van der Waals surface area contributed by atoms with Gasteiger partial charge in [-0.1, -0.05) is 30.5 Å². The Morgan fingerprint density at radius 3 is 2.84 bits per heavy atom. The predicted octanol–water partition coefficient (Wildman–Crippen LogP) is 3.93. The molecule has 1 atom stereocenters. The molecule has 1 unspecified atom stereocenters. The fourth-order valence-corrected chi connectivity index (χ4v) is 2.73. The van der Waals surface area contributed by atoms with Crippen LogP contribution in [0.5, 0.6) is 5.75 Å². The standard InChI is InChI=1S/C14H17BrClNO2/c1-9(14(18)17-10-5-2-3-6-10)19-12-8-4-7-11(16)13(12)15/h4,7-10H,2-3,5-6H2,1H3,(H,17,18). The molecular weight excluding hydrogens is 330 g/mol. The maximum Gasteiger partial charge on any atom is 0.260 e. The lowest BCUT2D eigenvalue weighted by Gasteiger charge is -2.18. The molecule has 1 aromatic carbocycles. The molecule has 1 amide bonds. The predicted molar refractivity (Wildman–Crippen MR) is 79.6 cm³/mol. The fraction of sp³-hybridized carbons (Fsp3) is 0.500. The van der Waals surface area contributed by atoms with Gasteiger partial charge >= 0.3 is 0 Å². The molecule has 1 N–H and O–H groups in total. The first-order valence-corrected chi connectivity index (χ1v) is 7.66. The van der Waals surface area contributed by atoms with Crippen LogP contribution in [0.3, 0.4) is 0 Å². The van der Waals surface area contributed by atoms with E-state index in [1.165, 1.54) is 12.8 Å². The molecule has 0 bridgehead atoms. The monoisotopic (exact) mass is 345 g/mol. The van der Waals surface area contributed by atoms with Crippen LogP contribution in [0.4, 0.5) is 0 Å². The molecule has 1 aliphatic rings. The van der Waals surface area contributed by atoms with Crippen molar-refractivity contribution >= 4 is 33.4 Å². The smallest absolute Gasteiger partial charge is 0.260 e. The van der Waals surface area contributed by atoms with E-state index in [9.17, 15) is 4.79 Å². The normalized spacial score (nSPS) is 17.2. The van der Waals surface area contributed by atoms with Crippen molar-refractivity contribution < 1.29 is 9.53 Å². The molecule has 1 saturated carbocycles. The van der Waals surface area contributed by atoms with Crippen molar-refractivity contribution in [3.8, 4) is 5.75 Å². The number of amides is 1. The van der Waals surface area contributed by atoms with Crippen LogP contribution in [0.15, 0.2) is 22.7 Å². The lowest BCUT2D eigenvalue weighted by atomic mass is 10.2. The van der Waals surface area contributed by atoms with Gasteiger partial charge in [-0.3, -0.25) is 4.79 Å². The number of hydrogen-bond donors (Lipinski definition) is 1. The van der Waals surface area contributed by atoms with Crippen molar-refractivity contribution in [3.05, 3.63) is 27.7 Å². The Morgan fingerprint density at radius 1 is 1.47 bits per heavy atom. The highest BCUT2D eigenvalue weighted by atomic mass is 79.9. The number of nitrogens with one attached hydrogen (secondary N) is 1. The molecule has 0 spiro atoms. The molecule has 1 fully saturated rings. The summed E-state index contributed by atoms with van der Waals surface area (Å²) in [5.41, 5.74) is 0. The van der Waals surface area contributed by atoms with Gasteiger partial charge in [0, 0.05) is 6.04 Å². The summed E-state index contributed by atoms with van der Waals surface area (Å²) in [6.07, 6.45) is 3.99. The molecule has 1 aromatic rings. The van der Waals surface area contributed by atoms with Gasteiger partial charge in [0.05, 0.1) is 9.50 Å². The van der Waals surface area contributed by atoms with Gasteiger partial charge in [-0.2, -0.15) is 0 Å². The number of hydrogen-bond acceptors (Lipinski definition) is 2. The maximum absolute atomic E-state index is 12.0. The van der Waals surface area contributed by atoms with Gasteiger partial charge in [0.1, 0.15) is 5.75 Å². The van der Waals surface area contributed by atoms with Gasteiger partial charge in [0.2, 0.25) is 0 Å². The Morgan fingerprint density at radius 2 is 2.16 bits per heavy atom. The number of rotatable bonds is 4. The lowest BCUT2D eigenvalue weighted by molar-refractivity contribution is -0.128. The summed E-state index contributed by atoms with van der Waals surface area (Å²) in [6.45, 7) is 1.75. The first-order valence-electron chi connectivity index (χ1n) is 6.49. The van der Waals surface area contributed by atoms with Crippen molar-refractivity contribution in [2.24, 2.45) is 0 Å². The van der Waals surface area contributed by atoms with Gasteiger partial charge in [0.25, 0.3) is 5.91 Å². The second-order valence-electron chi connectivity index (χ2n) is 4.80.